The molecule has 354 valence electrons. The van der Waals surface area contributed by atoms with Crippen LogP contribution in [0.15, 0.2) is 24.3 Å². The summed E-state index contributed by atoms with van der Waals surface area (Å²) >= 11 is 0. The molecular formula is C54H103NO5. The number of amides is 1. The molecule has 0 heterocycles. The van der Waals surface area contributed by atoms with Crippen LogP contribution in [0.1, 0.15) is 284 Å². The fourth-order valence-corrected chi connectivity index (χ4v) is 8.10. The van der Waals surface area contributed by atoms with E-state index in [0.717, 1.165) is 57.8 Å². The van der Waals surface area contributed by atoms with Crippen LogP contribution < -0.4 is 5.32 Å². The van der Waals surface area contributed by atoms with Crippen molar-refractivity contribution < 1.29 is 24.5 Å². The number of hydrogen-bond donors (Lipinski definition) is 3. The van der Waals surface area contributed by atoms with Gasteiger partial charge >= 0.3 is 5.97 Å². The van der Waals surface area contributed by atoms with E-state index in [0.29, 0.717) is 19.4 Å². The maximum absolute atomic E-state index is 12.4. The molecule has 0 bridgehead atoms. The summed E-state index contributed by atoms with van der Waals surface area (Å²) in [5.41, 5.74) is 0. The monoisotopic (exact) mass is 846 g/mol. The summed E-state index contributed by atoms with van der Waals surface area (Å²) < 4.78 is 5.45. The highest BCUT2D eigenvalue weighted by atomic mass is 16.5. The van der Waals surface area contributed by atoms with Crippen molar-refractivity contribution in [3.8, 4) is 0 Å². The Morgan fingerprint density at radius 1 is 0.450 bits per heavy atom. The molecular weight excluding hydrogens is 743 g/mol. The molecule has 0 aliphatic heterocycles. The van der Waals surface area contributed by atoms with E-state index < -0.39 is 12.1 Å². The van der Waals surface area contributed by atoms with Gasteiger partial charge in [-0.05, 0) is 57.8 Å². The molecule has 0 saturated carbocycles. The molecule has 6 heteroatoms. The predicted molar refractivity (Wildman–Crippen MR) is 260 cm³/mol. The first-order valence-electron chi connectivity index (χ1n) is 26.6. The summed E-state index contributed by atoms with van der Waals surface area (Å²) in [6, 6.07) is -0.637. The lowest BCUT2D eigenvalue weighted by Gasteiger charge is -2.20. The van der Waals surface area contributed by atoms with Crippen LogP contribution in [-0.2, 0) is 14.3 Å². The van der Waals surface area contributed by atoms with E-state index in [1.165, 1.54) is 199 Å². The van der Waals surface area contributed by atoms with Gasteiger partial charge in [0.25, 0.3) is 0 Å². The van der Waals surface area contributed by atoms with Crippen LogP contribution in [0.5, 0.6) is 0 Å². The van der Waals surface area contributed by atoms with Crippen LogP contribution in [0, 0.1) is 0 Å². The van der Waals surface area contributed by atoms with Crippen molar-refractivity contribution in [1.82, 2.24) is 5.32 Å². The Labute approximate surface area is 373 Å². The second-order valence-electron chi connectivity index (χ2n) is 18.2. The molecule has 0 fully saturated rings. The van der Waals surface area contributed by atoms with Gasteiger partial charge in [-0.2, -0.15) is 0 Å². The van der Waals surface area contributed by atoms with Gasteiger partial charge in [-0.3, -0.25) is 9.59 Å². The SMILES string of the molecule is CCCCC/C=C\CCCCCCCC(=O)OCCCCCCCCCCCCCCCC(=O)NC(CO)C(O)/C=C/CCCCCCCCCCCCCCCCCC. The Bertz CT molecular complexity index is 935. The number of carbonyl (C=O) groups excluding carboxylic acids is 2. The van der Waals surface area contributed by atoms with Gasteiger partial charge in [0.2, 0.25) is 5.91 Å². The molecule has 6 nitrogen and oxygen atoms in total. The first-order chi connectivity index (χ1) is 29.5. The third kappa shape index (κ3) is 45.9. The number of hydrogen-bond acceptors (Lipinski definition) is 5. The number of carbonyl (C=O) groups is 2. The lowest BCUT2D eigenvalue weighted by Crippen LogP contribution is -2.45. The minimum Gasteiger partial charge on any atom is -0.466 e. The van der Waals surface area contributed by atoms with Crippen molar-refractivity contribution in [1.29, 1.82) is 0 Å². The standard InChI is InChI=1S/C54H103NO5/c1-3-5-7-9-11-13-15-17-18-19-20-21-23-26-30-34-38-42-46-52(57)51(50-56)55-53(58)47-43-39-35-31-27-24-22-25-29-33-37-41-45-49-60-54(59)48-44-40-36-32-28-16-14-12-10-8-6-4-2/h12,14,42,46,51-52,56-57H,3-11,13,15-41,43-45,47-50H2,1-2H3,(H,55,58)/b14-12-,46-42+. The molecule has 2 atom stereocenters. The van der Waals surface area contributed by atoms with E-state index >= 15 is 0 Å². The molecule has 1 amide bonds. The highest BCUT2D eigenvalue weighted by molar-refractivity contribution is 5.76. The van der Waals surface area contributed by atoms with Crippen LogP contribution in [0.25, 0.3) is 0 Å². The summed E-state index contributed by atoms with van der Waals surface area (Å²) in [6.45, 7) is 4.85. The topological polar surface area (TPSA) is 95.9 Å². The minimum absolute atomic E-state index is 0.0169. The molecule has 0 aromatic carbocycles. The maximum atomic E-state index is 12.4. The number of aliphatic hydroxyl groups is 2. The van der Waals surface area contributed by atoms with Crippen LogP contribution in [0.4, 0.5) is 0 Å². The zero-order valence-electron chi connectivity index (χ0n) is 40.2. The van der Waals surface area contributed by atoms with Crippen LogP contribution in [0.3, 0.4) is 0 Å². The van der Waals surface area contributed by atoms with E-state index in [1.807, 2.05) is 6.08 Å². The van der Waals surface area contributed by atoms with Gasteiger partial charge in [0.05, 0.1) is 25.4 Å². The third-order valence-electron chi connectivity index (χ3n) is 12.2. The zero-order chi connectivity index (χ0) is 43.7. The summed E-state index contributed by atoms with van der Waals surface area (Å²) in [5, 5.41) is 23.1. The van der Waals surface area contributed by atoms with E-state index in [4.69, 9.17) is 4.74 Å². The molecule has 0 aromatic heterocycles. The summed E-state index contributed by atoms with van der Waals surface area (Å²) in [7, 11) is 0. The lowest BCUT2D eigenvalue weighted by atomic mass is 10.0. The van der Waals surface area contributed by atoms with Gasteiger partial charge in [0, 0.05) is 12.8 Å². The van der Waals surface area contributed by atoms with Gasteiger partial charge in [-0.1, -0.05) is 237 Å². The molecule has 0 radical (unpaired) electrons. The molecule has 0 aromatic rings. The molecule has 60 heavy (non-hydrogen) atoms. The second kappa shape index (κ2) is 50.0. The Hall–Kier alpha value is -1.66. The summed E-state index contributed by atoms with van der Waals surface area (Å²) in [6.07, 6.45) is 58.9. The van der Waals surface area contributed by atoms with Crippen molar-refractivity contribution in [2.45, 2.75) is 296 Å². The smallest absolute Gasteiger partial charge is 0.305 e. The Morgan fingerprint density at radius 3 is 1.22 bits per heavy atom. The van der Waals surface area contributed by atoms with E-state index in [9.17, 15) is 19.8 Å². The van der Waals surface area contributed by atoms with Crippen molar-refractivity contribution >= 4 is 11.9 Å². The molecule has 0 rings (SSSR count). The molecule has 0 aliphatic carbocycles. The molecule has 0 spiro atoms. The molecule has 0 aliphatic rings. The fraction of sp³-hybridized carbons (Fsp3) is 0.889. The number of nitrogens with one attached hydrogen (secondary N) is 1. The van der Waals surface area contributed by atoms with Crippen LogP contribution in [0.2, 0.25) is 0 Å². The van der Waals surface area contributed by atoms with Gasteiger partial charge < -0.3 is 20.3 Å². The van der Waals surface area contributed by atoms with Crippen LogP contribution >= 0.6 is 0 Å². The Kier molecular flexibility index (Phi) is 48.6. The molecule has 0 saturated heterocycles. The highest BCUT2D eigenvalue weighted by Gasteiger charge is 2.18. The Morgan fingerprint density at radius 2 is 0.783 bits per heavy atom. The Balaban J connectivity index is 3.50. The van der Waals surface area contributed by atoms with Gasteiger partial charge in [0.15, 0.2) is 0 Å². The number of esters is 1. The normalized spacial score (nSPS) is 12.8. The lowest BCUT2D eigenvalue weighted by molar-refractivity contribution is -0.143. The van der Waals surface area contributed by atoms with Gasteiger partial charge in [0.1, 0.15) is 0 Å². The number of ether oxygens (including phenoxy) is 1. The van der Waals surface area contributed by atoms with Gasteiger partial charge in [-0.15, -0.1) is 0 Å². The number of unbranched alkanes of at least 4 members (excludes halogenated alkanes) is 36. The van der Waals surface area contributed by atoms with E-state index in [1.54, 1.807) is 6.08 Å². The van der Waals surface area contributed by atoms with Crippen molar-refractivity contribution in [2.24, 2.45) is 0 Å². The van der Waals surface area contributed by atoms with Gasteiger partial charge in [-0.25, -0.2) is 0 Å². The van der Waals surface area contributed by atoms with Crippen molar-refractivity contribution in [2.75, 3.05) is 13.2 Å². The van der Waals surface area contributed by atoms with Crippen LogP contribution in [-0.4, -0.2) is 47.4 Å². The average molecular weight is 846 g/mol. The minimum atomic E-state index is -0.853. The number of allylic oxidation sites excluding steroid dienone is 3. The molecule has 2 unspecified atom stereocenters. The summed E-state index contributed by atoms with van der Waals surface area (Å²) in [4.78, 5) is 24.4. The predicted octanol–water partition coefficient (Wildman–Crippen LogP) is 15.9. The number of rotatable bonds is 49. The summed E-state index contributed by atoms with van der Waals surface area (Å²) in [5.74, 6) is -0.0967. The zero-order valence-corrected chi connectivity index (χ0v) is 40.2. The highest BCUT2D eigenvalue weighted by Crippen LogP contribution is 2.16. The third-order valence-corrected chi connectivity index (χ3v) is 12.2. The first kappa shape index (κ1) is 58.3. The maximum Gasteiger partial charge on any atom is 0.305 e. The van der Waals surface area contributed by atoms with E-state index in [-0.39, 0.29) is 18.5 Å². The fourth-order valence-electron chi connectivity index (χ4n) is 8.10. The number of aliphatic hydroxyl groups excluding tert-OH is 2. The van der Waals surface area contributed by atoms with E-state index in [2.05, 4.69) is 31.3 Å². The molecule has 3 N–H and O–H groups in total. The van der Waals surface area contributed by atoms with Crippen molar-refractivity contribution in [3.63, 3.8) is 0 Å². The second-order valence-corrected chi connectivity index (χ2v) is 18.2. The largest absolute Gasteiger partial charge is 0.466 e. The average Bonchev–Trinajstić information content (AvgIpc) is 3.25. The quantitative estimate of drug-likeness (QED) is 0.0322. The van der Waals surface area contributed by atoms with Crippen molar-refractivity contribution in [3.05, 3.63) is 24.3 Å². The first-order valence-corrected chi connectivity index (χ1v) is 26.6.